The first-order chi connectivity index (χ1) is 23.3. The van der Waals surface area contributed by atoms with Gasteiger partial charge in [-0.05, 0) is 88.8 Å². The molecule has 7 heteroatoms. The van der Waals surface area contributed by atoms with Crippen LogP contribution in [-0.2, 0) is 13.2 Å². The second kappa shape index (κ2) is 11.6. The van der Waals surface area contributed by atoms with Gasteiger partial charge in [-0.3, -0.25) is 4.98 Å². The van der Waals surface area contributed by atoms with Crippen LogP contribution in [0.15, 0.2) is 140 Å². The molecule has 0 fully saturated rings. The molecule has 0 saturated heterocycles. The number of pyridine rings is 1. The fourth-order valence-electron chi connectivity index (χ4n) is 6.66. The molecule has 0 N–H and O–H groups in total. The molecule has 3 aromatic heterocycles. The van der Waals surface area contributed by atoms with E-state index >= 15 is 0 Å². The van der Waals surface area contributed by atoms with E-state index < -0.39 is 11.1 Å². The number of imidazole rings is 1. The van der Waals surface area contributed by atoms with Gasteiger partial charge in [0.05, 0.1) is 12.6 Å². The van der Waals surface area contributed by atoms with E-state index in [1.165, 1.54) is 23.5 Å². The molecule has 0 radical (unpaired) electrons. The molecule has 234 valence electrons. The lowest BCUT2D eigenvalue weighted by atomic mass is 9.98. The van der Waals surface area contributed by atoms with E-state index in [1.54, 1.807) is 12.1 Å². The van der Waals surface area contributed by atoms with Crippen molar-refractivity contribution in [3.8, 4) is 50.5 Å². The fraction of sp³-hybridized carbons (Fsp3) is 0.0732. The number of thiophene rings is 1. The van der Waals surface area contributed by atoms with Crippen molar-refractivity contribution in [1.82, 2.24) is 9.55 Å². The van der Waals surface area contributed by atoms with Gasteiger partial charge in [0.25, 0.3) is 5.82 Å². The van der Waals surface area contributed by atoms with Crippen LogP contribution in [0.1, 0.15) is 10.4 Å². The highest BCUT2D eigenvalue weighted by Gasteiger charge is 2.38. The molecule has 0 bridgehead atoms. The van der Waals surface area contributed by atoms with Gasteiger partial charge in [-0.1, -0.05) is 78.9 Å². The van der Waals surface area contributed by atoms with Crippen LogP contribution < -0.4 is 4.57 Å². The number of nitrogens with zero attached hydrogens (tertiary/aromatic N) is 3. The second-order valence-corrected chi connectivity index (χ2v) is 13.0. The zero-order valence-electron chi connectivity index (χ0n) is 26.2. The maximum absolute atomic E-state index is 14.4. The Hall–Kier alpha value is -5.53. The van der Waals surface area contributed by atoms with Gasteiger partial charge in [-0.2, -0.15) is 17.7 Å². The van der Waals surface area contributed by atoms with Crippen molar-refractivity contribution in [2.75, 3.05) is 0 Å². The molecule has 0 saturated carbocycles. The quantitative estimate of drug-likeness (QED) is 0.170. The standard InChI is InChI=1S/C41H29F3N3S/c1-26-24-37-34(38(31-20-22-45-23-21-31)39(48-37)41(42,43)44)25-33(26)40-46(2)35-10-6-7-11-36(35)47(40)32-18-16-30(17-19-32)29-14-12-28(13-15-29)27-8-4-3-5-9-27/h3-25H,1-2H3/q+1. The minimum Gasteiger partial charge on any atom is -0.265 e. The molecule has 3 heterocycles. The van der Waals surface area contributed by atoms with Crippen molar-refractivity contribution in [2.24, 2.45) is 7.05 Å². The van der Waals surface area contributed by atoms with Gasteiger partial charge in [0.15, 0.2) is 11.0 Å². The summed E-state index contributed by atoms with van der Waals surface area (Å²) < 4.78 is 48.2. The Morgan fingerprint density at radius 1 is 0.667 bits per heavy atom. The largest absolute Gasteiger partial charge is 0.426 e. The van der Waals surface area contributed by atoms with Crippen LogP contribution in [0.25, 0.3) is 71.6 Å². The third kappa shape index (κ3) is 5.07. The van der Waals surface area contributed by atoms with Crippen LogP contribution in [0.2, 0.25) is 0 Å². The number of rotatable bonds is 5. The molecule has 0 unspecified atom stereocenters. The number of hydrogen-bond acceptors (Lipinski definition) is 2. The minimum atomic E-state index is -4.49. The summed E-state index contributed by atoms with van der Waals surface area (Å²) in [7, 11) is 2.01. The summed E-state index contributed by atoms with van der Waals surface area (Å²) in [5.74, 6) is 0.885. The molecule has 0 spiro atoms. The summed E-state index contributed by atoms with van der Waals surface area (Å²) in [4.78, 5) is 3.45. The summed E-state index contributed by atoms with van der Waals surface area (Å²) >= 11 is 0.794. The van der Waals surface area contributed by atoms with Gasteiger partial charge in [0.1, 0.15) is 10.6 Å². The average molecular weight is 653 g/mol. The van der Waals surface area contributed by atoms with E-state index in [1.807, 2.05) is 56.4 Å². The van der Waals surface area contributed by atoms with Gasteiger partial charge in [0.2, 0.25) is 0 Å². The highest BCUT2D eigenvalue weighted by Crippen LogP contribution is 2.48. The second-order valence-electron chi connectivity index (χ2n) is 11.9. The Morgan fingerprint density at radius 2 is 1.25 bits per heavy atom. The van der Waals surface area contributed by atoms with Crippen LogP contribution in [0.5, 0.6) is 0 Å². The van der Waals surface area contributed by atoms with Gasteiger partial charge in [0, 0.05) is 28.0 Å². The van der Waals surface area contributed by atoms with Crippen molar-refractivity contribution in [3.05, 3.63) is 150 Å². The molecule has 5 aromatic carbocycles. The van der Waals surface area contributed by atoms with Gasteiger partial charge in [-0.25, -0.2) is 4.57 Å². The Bertz CT molecular complexity index is 2430. The predicted octanol–water partition coefficient (Wildman–Crippen LogP) is 11.1. The third-order valence-electron chi connectivity index (χ3n) is 8.97. The maximum Gasteiger partial charge on any atom is 0.426 e. The zero-order valence-corrected chi connectivity index (χ0v) is 27.0. The van der Waals surface area contributed by atoms with Crippen molar-refractivity contribution in [3.63, 3.8) is 0 Å². The van der Waals surface area contributed by atoms with E-state index in [0.717, 1.165) is 56.1 Å². The molecular formula is C41H29F3N3S+. The van der Waals surface area contributed by atoms with Gasteiger partial charge in [-0.15, -0.1) is 11.3 Å². The Balaban J connectivity index is 1.28. The zero-order chi connectivity index (χ0) is 33.0. The monoisotopic (exact) mass is 652 g/mol. The van der Waals surface area contributed by atoms with Crippen LogP contribution >= 0.6 is 11.3 Å². The van der Waals surface area contributed by atoms with E-state index in [0.29, 0.717) is 15.6 Å². The topological polar surface area (TPSA) is 21.7 Å². The Kier molecular flexibility index (Phi) is 7.22. The SMILES string of the molecule is Cc1cc2sc(C(F)(F)F)c(-c3ccncc3)c2cc1-c1n(-c2ccc(-c3ccc(-c4ccccc4)cc3)cc2)c2ccccc2[n+]1C. The van der Waals surface area contributed by atoms with Crippen molar-refractivity contribution < 1.29 is 17.7 Å². The molecule has 0 amide bonds. The number of benzene rings is 5. The molecule has 0 aliphatic rings. The summed E-state index contributed by atoms with van der Waals surface area (Å²) in [5.41, 5.74) is 9.99. The number of fused-ring (bicyclic) bond motifs is 2. The molecule has 8 rings (SSSR count). The molecule has 8 aromatic rings. The van der Waals surface area contributed by atoms with Gasteiger partial charge < -0.3 is 0 Å². The normalized spacial score (nSPS) is 11.9. The molecule has 48 heavy (non-hydrogen) atoms. The highest BCUT2D eigenvalue weighted by atomic mass is 32.1. The Labute approximate surface area is 279 Å². The number of aryl methyl sites for hydroxylation is 2. The first-order valence-corrected chi connectivity index (χ1v) is 16.4. The number of para-hydroxylation sites is 2. The fourth-order valence-corrected chi connectivity index (χ4v) is 7.83. The first kappa shape index (κ1) is 29.8. The van der Waals surface area contributed by atoms with E-state index in [9.17, 15) is 13.2 Å². The summed E-state index contributed by atoms with van der Waals surface area (Å²) in [6.07, 6.45) is -1.42. The van der Waals surface area contributed by atoms with Crippen LogP contribution in [0, 0.1) is 6.92 Å². The predicted molar refractivity (Wildman–Crippen MR) is 189 cm³/mol. The van der Waals surface area contributed by atoms with E-state index in [4.69, 9.17) is 0 Å². The van der Waals surface area contributed by atoms with Crippen molar-refractivity contribution in [1.29, 1.82) is 0 Å². The van der Waals surface area contributed by atoms with Crippen molar-refractivity contribution >= 4 is 32.5 Å². The molecule has 0 aliphatic heterocycles. The number of aromatic nitrogens is 3. The lowest BCUT2D eigenvalue weighted by molar-refractivity contribution is -0.633. The summed E-state index contributed by atoms with van der Waals surface area (Å²) in [5, 5.41) is 0.574. The summed E-state index contributed by atoms with van der Waals surface area (Å²) in [6, 6.07) is 42.6. The van der Waals surface area contributed by atoms with Crippen molar-refractivity contribution in [2.45, 2.75) is 13.1 Å². The maximum atomic E-state index is 14.4. The van der Waals surface area contributed by atoms with Crippen LogP contribution in [-0.4, -0.2) is 9.55 Å². The van der Waals surface area contributed by atoms with Gasteiger partial charge >= 0.3 is 6.18 Å². The smallest absolute Gasteiger partial charge is 0.265 e. The lowest BCUT2D eigenvalue weighted by Gasteiger charge is -2.10. The molecule has 0 aliphatic carbocycles. The first-order valence-electron chi connectivity index (χ1n) is 15.6. The number of hydrogen-bond donors (Lipinski definition) is 0. The van der Waals surface area contributed by atoms with Crippen LogP contribution in [0.4, 0.5) is 13.2 Å². The molecule has 3 nitrogen and oxygen atoms in total. The van der Waals surface area contributed by atoms with Crippen LogP contribution in [0.3, 0.4) is 0 Å². The van der Waals surface area contributed by atoms with E-state index in [2.05, 4.69) is 86.9 Å². The molecular weight excluding hydrogens is 624 g/mol. The Morgan fingerprint density at radius 3 is 1.90 bits per heavy atom. The van der Waals surface area contributed by atoms with E-state index in [-0.39, 0.29) is 5.56 Å². The molecule has 0 atom stereocenters. The summed E-state index contributed by atoms with van der Waals surface area (Å²) in [6.45, 7) is 1.97. The third-order valence-corrected chi connectivity index (χ3v) is 10.2. The number of alkyl halides is 3. The number of halogens is 3. The average Bonchev–Trinajstić information content (AvgIpc) is 3.64. The highest BCUT2D eigenvalue weighted by molar-refractivity contribution is 7.19. The minimum absolute atomic E-state index is 0.194. The lowest BCUT2D eigenvalue weighted by Crippen LogP contribution is -2.30.